The molecule has 0 saturated heterocycles. The molecule has 0 aliphatic carbocycles. The van der Waals surface area contributed by atoms with Crippen LogP contribution in [0.15, 0.2) is 40.9 Å². The summed E-state index contributed by atoms with van der Waals surface area (Å²) < 4.78 is 5.99. The molecular formula is C16H16BrNO2. The number of carbonyl (C=O) groups excluding carboxylic acids is 1. The van der Waals surface area contributed by atoms with Gasteiger partial charge in [-0.2, -0.15) is 0 Å². The van der Waals surface area contributed by atoms with Gasteiger partial charge >= 0.3 is 0 Å². The number of benzene rings is 2. The van der Waals surface area contributed by atoms with Crippen LogP contribution in [0.1, 0.15) is 21.5 Å². The summed E-state index contributed by atoms with van der Waals surface area (Å²) >= 11 is 3.40. The topological polar surface area (TPSA) is 38.3 Å². The molecule has 0 unspecified atom stereocenters. The predicted molar refractivity (Wildman–Crippen MR) is 84.6 cm³/mol. The van der Waals surface area contributed by atoms with Gasteiger partial charge in [0, 0.05) is 10.2 Å². The fraction of sp³-hybridized carbons (Fsp3) is 0.188. The van der Waals surface area contributed by atoms with E-state index in [0.717, 1.165) is 27.0 Å². The van der Waals surface area contributed by atoms with Crippen molar-refractivity contribution in [3.8, 4) is 5.75 Å². The van der Waals surface area contributed by atoms with Crippen molar-refractivity contribution in [3.63, 3.8) is 0 Å². The van der Waals surface area contributed by atoms with Crippen molar-refractivity contribution in [2.75, 3.05) is 12.4 Å². The highest BCUT2D eigenvalue weighted by molar-refractivity contribution is 9.10. The van der Waals surface area contributed by atoms with Gasteiger partial charge in [0.25, 0.3) is 5.91 Å². The summed E-state index contributed by atoms with van der Waals surface area (Å²) in [5.74, 6) is 0.671. The summed E-state index contributed by atoms with van der Waals surface area (Å²) in [5.41, 5.74) is 3.40. The number of carbonyl (C=O) groups is 1. The van der Waals surface area contributed by atoms with Crippen LogP contribution in [0.4, 0.5) is 5.69 Å². The first-order valence-corrected chi connectivity index (χ1v) is 7.02. The van der Waals surface area contributed by atoms with E-state index in [9.17, 15) is 4.79 Å². The van der Waals surface area contributed by atoms with Crippen molar-refractivity contribution in [1.29, 1.82) is 0 Å². The monoisotopic (exact) mass is 333 g/mol. The highest BCUT2D eigenvalue weighted by Crippen LogP contribution is 2.23. The Morgan fingerprint density at radius 1 is 1.15 bits per heavy atom. The van der Waals surface area contributed by atoms with Gasteiger partial charge in [-0.25, -0.2) is 0 Å². The van der Waals surface area contributed by atoms with Crippen LogP contribution in [0, 0.1) is 13.8 Å². The van der Waals surface area contributed by atoms with E-state index >= 15 is 0 Å². The molecule has 2 rings (SSSR count). The van der Waals surface area contributed by atoms with E-state index < -0.39 is 0 Å². The third kappa shape index (κ3) is 3.20. The van der Waals surface area contributed by atoms with Gasteiger partial charge in [0.1, 0.15) is 5.75 Å². The molecular weight excluding hydrogens is 318 g/mol. The Morgan fingerprint density at radius 3 is 2.55 bits per heavy atom. The zero-order valence-corrected chi connectivity index (χ0v) is 13.2. The maximum absolute atomic E-state index is 12.3. The van der Waals surface area contributed by atoms with Crippen LogP contribution in [0.25, 0.3) is 0 Å². The second kappa shape index (κ2) is 6.09. The summed E-state index contributed by atoms with van der Waals surface area (Å²) in [7, 11) is 1.63. The lowest BCUT2D eigenvalue weighted by molar-refractivity contribution is 0.102. The molecule has 2 aromatic carbocycles. The van der Waals surface area contributed by atoms with E-state index in [0.29, 0.717) is 5.56 Å². The van der Waals surface area contributed by atoms with E-state index in [4.69, 9.17) is 4.74 Å². The number of nitrogens with one attached hydrogen (secondary N) is 1. The van der Waals surface area contributed by atoms with Crippen LogP contribution < -0.4 is 10.1 Å². The number of ether oxygens (including phenoxy) is 1. The zero-order valence-electron chi connectivity index (χ0n) is 11.7. The minimum atomic E-state index is -0.134. The van der Waals surface area contributed by atoms with Gasteiger partial charge in [-0.15, -0.1) is 0 Å². The smallest absolute Gasteiger partial charge is 0.256 e. The summed E-state index contributed by atoms with van der Waals surface area (Å²) in [6.45, 7) is 3.90. The molecule has 3 nitrogen and oxygen atoms in total. The van der Waals surface area contributed by atoms with E-state index in [1.165, 1.54) is 0 Å². The molecule has 4 heteroatoms. The number of anilines is 1. The summed E-state index contributed by atoms with van der Waals surface area (Å²) in [4.78, 5) is 12.3. The molecule has 0 fully saturated rings. The average molecular weight is 334 g/mol. The minimum absolute atomic E-state index is 0.134. The normalized spacial score (nSPS) is 10.2. The molecule has 0 aromatic heterocycles. The quantitative estimate of drug-likeness (QED) is 0.907. The molecule has 0 saturated carbocycles. The number of methoxy groups -OCH3 is 1. The second-order valence-corrected chi connectivity index (χ2v) is 5.48. The number of rotatable bonds is 3. The Morgan fingerprint density at radius 2 is 1.90 bits per heavy atom. The third-order valence-corrected chi connectivity index (χ3v) is 3.71. The van der Waals surface area contributed by atoms with Crippen molar-refractivity contribution >= 4 is 27.5 Å². The van der Waals surface area contributed by atoms with Crippen molar-refractivity contribution in [3.05, 3.63) is 57.6 Å². The molecule has 0 spiro atoms. The van der Waals surface area contributed by atoms with E-state index in [1.807, 2.05) is 50.2 Å². The van der Waals surface area contributed by atoms with Crippen LogP contribution in [-0.4, -0.2) is 13.0 Å². The number of aryl methyl sites for hydroxylation is 2. The Bertz CT molecular complexity index is 653. The number of hydrogen-bond donors (Lipinski definition) is 1. The fourth-order valence-electron chi connectivity index (χ4n) is 1.97. The zero-order chi connectivity index (χ0) is 14.7. The molecule has 0 aliphatic rings. The van der Waals surface area contributed by atoms with Crippen molar-refractivity contribution in [1.82, 2.24) is 0 Å². The van der Waals surface area contributed by atoms with Gasteiger partial charge in [-0.05, 0) is 65.7 Å². The lowest BCUT2D eigenvalue weighted by atomic mass is 10.1. The molecule has 0 atom stereocenters. The Balaban J connectivity index is 2.23. The van der Waals surface area contributed by atoms with Crippen LogP contribution in [-0.2, 0) is 0 Å². The summed E-state index contributed by atoms with van der Waals surface area (Å²) in [6.07, 6.45) is 0. The molecule has 1 amide bonds. The number of amides is 1. The largest absolute Gasteiger partial charge is 0.496 e. The Labute approximate surface area is 127 Å². The Hall–Kier alpha value is -1.81. The molecule has 20 heavy (non-hydrogen) atoms. The highest BCUT2D eigenvalue weighted by atomic mass is 79.9. The second-order valence-electron chi connectivity index (χ2n) is 4.62. The molecule has 2 aromatic rings. The molecule has 0 heterocycles. The van der Waals surface area contributed by atoms with Gasteiger partial charge in [-0.1, -0.05) is 11.6 Å². The minimum Gasteiger partial charge on any atom is -0.496 e. The van der Waals surface area contributed by atoms with E-state index in [2.05, 4.69) is 21.2 Å². The van der Waals surface area contributed by atoms with E-state index in [1.54, 1.807) is 7.11 Å². The van der Waals surface area contributed by atoms with Crippen LogP contribution in [0.5, 0.6) is 5.75 Å². The molecule has 0 radical (unpaired) electrons. The summed E-state index contributed by atoms with van der Waals surface area (Å²) in [6, 6.07) is 11.3. The van der Waals surface area contributed by atoms with Gasteiger partial charge in [-0.3, -0.25) is 4.79 Å². The SMILES string of the molecule is COc1ccc(NC(=O)c2cc(C)ccc2Br)cc1C. The van der Waals surface area contributed by atoms with Gasteiger partial charge in [0.05, 0.1) is 12.7 Å². The molecule has 0 aliphatic heterocycles. The average Bonchev–Trinajstić information content (AvgIpc) is 2.41. The van der Waals surface area contributed by atoms with Crippen LogP contribution >= 0.6 is 15.9 Å². The lowest BCUT2D eigenvalue weighted by Crippen LogP contribution is -2.13. The van der Waals surface area contributed by atoms with Crippen LogP contribution in [0.3, 0.4) is 0 Å². The third-order valence-electron chi connectivity index (χ3n) is 3.02. The first kappa shape index (κ1) is 14.6. The number of hydrogen-bond acceptors (Lipinski definition) is 2. The van der Waals surface area contributed by atoms with Crippen molar-refractivity contribution in [2.24, 2.45) is 0 Å². The molecule has 1 N–H and O–H groups in total. The first-order valence-electron chi connectivity index (χ1n) is 6.23. The summed E-state index contributed by atoms with van der Waals surface area (Å²) in [5, 5.41) is 2.89. The first-order chi connectivity index (χ1) is 9.51. The Kier molecular flexibility index (Phi) is 4.45. The van der Waals surface area contributed by atoms with Crippen LogP contribution in [0.2, 0.25) is 0 Å². The molecule has 0 bridgehead atoms. The van der Waals surface area contributed by atoms with Crippen molar-refractivity contribution in [2.45, 2.75) is 13.8 Å². The van der Waals surface area contributed by atoms with E-state index in [-0.39, 0.29) is 5.91 Å². The van der Waals surface area contributed by atoms with Gasteiger partial charge < -0.3 is 10.1 Å². The lowest BCUT2D eigenvalue weighted by Gasteiger charge is -2.10. The van der Waals surface area contributed by atoms with Gasteiger partial charge in [0.15, 0.2) is 0 Å². The number of halogens is 1. The predicted octanol–water partition coefficient (Wildman–Crippen LogP) is 4.33. The maximum Gasteiger partial charge on any atom is 0.256 e. The highest BCUT2D eigenvalue weighted by Gasteiger charge is 2.11. The van der Waals surface area contributed by atoms with Crippen molar-refractivity contribution < 1.29 is 9.53 Å². The van der Waals surface area contributed by atoms with Gasteiger partial charge in [0.2, 0.25) is 0 Å². The molecule has 104 valence electrons. The maximum atomic E-state index is 12.3. The standard InChI is InChI=1S/C16H16BrNO2/c1-10-4-6-14(17)13(8-10)16(19)18-12-5-7-15(20-3)11(2)9-12/h4-9H,1-3H3,(H,18,19). The fourth-order valence-corrected chi connectivity index (χ4v) is 2.39.